The Labute approximate surface area is 113 Å². The van der Waals surface area contributed by atoms with E-state index in [1.165, 1.54) is 12.1 Å². The molecule has 0 spiro atoms. The highest BCUT2D eigenvalue weighted by molar-refractivity contribution is 5.36. The summed E-state index contributed by atoms with van der Waals surface area (Å²) >= 11 is 0. The molecule has 0 atom stereocenters. The van der Waals surface area contributed by atoms with Crippen molar-refractivity contribution in [3.63, 3.8) is 0 Å². The fourth-order valence-corrected chi connectivity index (χ4v) is 1.94. The molecule has 2 rings (SSSR count). The highest BCUT2D eigenvalue weighted by Gasteiger charge is 2.09. The lowest BCUT2D eigenvalue weighted by Crippen LogP contribution is -2.04. The van der Waals surface area contributed by atoms with Gasteiger partial charge in [0.25, 0.3) is 0 Å². The Hall–Kier alpha value is -1.90. The smallest absolute Gasteiger partial charge is 0.126 e. The monoisotopic (exact) mass is 259 g/mol. The van der Waals surface area contributed by atoms with E-state index in [9.17, 15) is 4.39 Å². The lowest BCUT2D eigenvalue weighted by molar-refractivity contribution is 0.315. The lowest BCUT2D eigenvalue weighted by Gasteiger charge is -2.14. The quantitative estimate of drug-likeness (QED) is 0.810. The van der Waals surface area contributed by atoms with E-state index in [0.29, 0.717) is 18.3 Å². The highest BCUT2D eigenvalue weighted by atomic mass is 19.1. The Balaban J connectivity index is 2.01. The van der Waals surface area contributed by atoms with Gasteiger partial charge in [0.15, 0.2) is 0 Å². The number of pyridine rings is 1. The molecule has 1 aromatic heterocycles. The van der Waals surface area contributed by atoms with Gasteiger partial charge in [-0.05, 0) is 29.2 Å². The molecular formula is C16H18FNO. The summed E-state index contributed by atoms with van der Waals surface area (Å²) in [5, 5.41) is 0. The van der Waals surface area contributed by atoms with Gasteiger partial charge in [0.05, 0.1) is 6.61 Å². The molecule has 0 aliphatic rings. The van der Waals surface area contributed by atoms with Crippen molar-refractivity contribution in [2.75, 3.05) is 6.61 Å². The third-order valence-electron chi connectivity index (χ3n) is 2.97. The van der Waals surface area contributed by atoms with E-state index in [1.54, 1.807) is 12.3 Å². The number of aromatic nitrogens is 1. The van der Waals surface area contributed by atoms with Crippen molar-refractivity contribution in [3.05, 3.63) is 59.7 Å². The van der Waals surface area contributed by atoms with Gasteiger partial charge in [-0.2, -0.15) is 0 Å². The Kier molecular flexibility index (Phi) is 4.50. The van der Waals surface area contributed by atoms with Crippen molar-refractivity contribution in [2.45, 2.75) is 26.2 Å². The third kappa shape index (κ3) is 3.78. The van der Waals surface area contributed by atoms with E-state index in [-0.39, 0.29) is 5.82 Å². The topological polar surface area (TPSA) is 22.1 Å². The summed E-state index contributed by atoms with van der Waals surface area (Å²) in [5.74, 6) is 0.689. The zero-order valence-corrected chi connectivity index (χ0v) is 11.3. The summed E-state index contributed by atoms with van der Waals surface area (Å²) in [7, 11) is 0. The summed E-state index contributed by atoms with van der Waals surface area (Å²) in [5.41, 5.74) is 2.15. The average Bonchev–Trinajstić information content (AvgIpc) is 2.39. The molecule has 0 aliphatic heterocycles. The van der Waals surface area contributed by atoms with Crippen LogP contribution in [0.25, 0.3) is 0 Å². The van der Waals surface area contributed by atoms with Gasteiger partial charge in [0, 0.05) is 24.9 Å². The minimum Gasteiger partial charge on any atom is -0.493 e. The molecule has 0 saturated carbocycles. The van der Waals surface area contributed by atoms with Crippen molar-refractivity contribution < 1.29 is 9.13 Å². The second-order valence-corrected chi connectivity index (χ2v) is 4.80. The van der Waals surface area contributed by atoms with Crippen LogP contribution in [0.15, 0.2) is 42.7 Å². The van der Waals surface area contributed by atoms with Crippen molar-refractivity contribution in [1.29, 1.82) is 0 Å². The number of nitrogens with zero attached hydrogens (tertiary/aromatic N) is 1. The van der Waals surface area contributed by atoms with E-state index in [0.717, 1.165) is 17.5 Å². The van der Waals surface area contributed by atoms with E-state index in [1.807, 2.05) is 18.3 Å². The molecule has 0 saturated heterocycles. The first-order valence-corrected chi connectivity index (χ1v) is 6.48. The van der Waals surface area contributed by atoms with Gasteiger partial charge in [-0.3, -0.25) is 4.98 Å². The highest BCUT2D eigenvalue weighted by Crippen LogP contribution is 2.27. The summed E-state index contributed by atoms with van der Waals surface area (Å²) in [4.78, 5) is 4.05. The van der Waals surface area contributed by atoms with Crippen LogP contribution in [-0.2, 0) is 6.42 Å². The minimum atomic E-state index is -0.263. The SMILES string of the molecule is CC(C)c1ccc(F)cc1OCCc1cccnc1. The summed E-state index contributed by atoms with van der Waals surface area (Å²) in [6.07, 6.45) is 4.33. The third-order valence-corrected chi connectivity index (χ3v) is 2.97. The van der Waals surface area contributed by atoms with Crippen LogP contribution in [0.5, 0.6) is 5.75 Å². The maximum absolute atomic E-state index is 13.3. The molecular weight excluding hydrogens is 241 g/mol. The van der Waals surface area contributed by atoms with E-state index in [4.69, 9.17) is 4.74 Å². The van der Waals surface area contributed by atoms with Crippen LogP contribution in [-0.4, -0.2) is 11.6 Å². The van der Waals surface area contributed by atoms with Crippen LogP contribution in [0.3, 0.4) is 0 Å². The number of rotatable bonds is 5. The van der Waals surface area contributed by atoms with Crippen LogP contribution in [0.4, 0.5) is 4.39 Å². The normalized spacial score (nSPS) is 10.7. The molecule has 1 aromatic carbocycles. The molecule has 0 unspecified atom stereocenters. The predicted molar refractivity (Wildman–Crippen MR) is 73.9 cm³/mol. The van der Waals surface area contributed by atoms with Gasteiger partial charge in [0.1, 0.15) is 11.6 Å². The van der Waals surface area contributed by atoms with Crippen molar-refractivity contribution >= 4 is 0 Å². The van der Waals surface area contributed by atoms with Gasteiger partial charge in [0.2, 0.25) is 0 Å². The maximum atomic E-state index is 13.3. The molecule has 0 N–H and O–H groups in total. The Morgan fingerprint density at radius 1 is 1.26 bits per heavy atom. The Morgan fingerprint density at radius 2 is 2.11 bits per heavy atom. The molecule has 100 valence electrons. The number of hydrogen-bond donors (Lipinski definition) is 0. The minimum absolute atomic E-state index is 0.263. The van der Waals surface area contributed by atoms with Gasteiger partial charge >= 0.3 is 0 Å². The first kappa shape index (κ1) is 13.5. The van der Waals surface area contributed by atoms with E-state index in [2.05, 4.69) is 18.8 Å². The second kappa shape index (κ2) is 6.32. The fraction of sp³-hybridized carbons (Fsp3) is 0.312. The number of benzene rings is 1. The Morgan fingerprint density at radius 3 is 2.79 bits per heavy atom. The molecule has 0 fully saturated rings. The predicted octanol–water partition coefficient (Wildman–Crippen LogP) is 3.97. The molecule has 2 aromatic rings. The van der Waals surface area contributed by atoms with Crippen molar-refractivity contribution in [3.8, 4) is 5.75 Å². The standard InChI is InChI=1S/C16H18FNO/c1-12(2)15-6-5-14(17)10-16(15)19-9-7-13-4-3-8-18-11-13/h3-6,8,10-12H,7,9H2,1-2H3. The van der Waals surface area contributed by atoms with E-state index < -0.39 is 0 Å². The largest absolute Gasteiger partial charge is 0.493 e. The second-order valence-electron chi connectivity index (χ2n) is 4.80. The molecule has 0 aliphatic carbocycles. The summed E-state index contributed by atoms with van der Waals surface area (Å²) in [6.45, 7) is 4.66. The van der Waals surface area contributed by atoms with Gasteiger partial charge < -0.3 is 4.74 Å². The number of hydrogen-bond acceptors (Lipinski definition) is 2. The maximum Gasteiger partial charge on any atom is 0.126 e. The first-order chi connectivity index (χ1) is 9.16. The zero-order valence-electron chi connectivity index (χ0n) is 11.3. The summed E-state index contributed by atoms with van der Waals surface area (Å²) in [6, 6.07) is 8.63. The van der Waals surface area contributed by atoms with Crippen LogP contribution in [0.2, 0.25) is 0 Å². The number of ether oxygens (including phenoxy) is 1. The van der Waals surface area contributed by atoms with Crippen LogP contribution >= 0.6 is 0 Å². The van der Waals surface area contributed by atoms with Crippen molar-refractivity contribution in [2.24, 2.45) is 0 Å². The fourth-order valence-electron chi connectivity index (χ4n) is 1.94. The van der Waals surface area contributed by atoms with Crippen molar-refractivity contribution in [1.82, 2.24) is 4.98 Å². The molecule has 19 heavy (non-hydrogen) atoms. The van der Waals surface area contributed by atoms with Gasteiger partial charge in [-0.15, -0.1) is 0 Å². The molecule has 0 bridgehead atoms. The van der Waals surface area contributed by atoms with Crippen LogP contribution in [0.1, 0.15) is 30.9 Å². The molecule has 0 amide bonds. The Bertz CT molecular complexity index is 526. The first-order valence-electron chi connectivity index (χ1n) is 6.48. The van der Waals surface area contributed by atoms with E-state index >= 15 is 0 Å². The molecule has 1 heterocycles. The van der Waals surface area contributed by atoms with Crippen LogP contribution in [0, 0.1) is 5.82 Å². The molecule has 3 heteroatoms. The van der Waals surface area contributed by atoms with Gasteiger partial charge in [-0.1, -0.05) is 26.0 Å². The molecule has 2 nitrogen and oxygen atoms in total. The average molecular weight is 259 g/mol. The van der Waals surface area contributed by atoms with Crippen LogP contribution < -0.4 is 4.74 Å². The zero-order chi connectivity index (χ0) is 13.7. The lowest BCUT2D eigenvalue weighted by atomic mass is 10.0. The molecule has 0 radical (unpaired) electrons. The number of halogens is 1. The summed E-state index contributed by atoms with van der Waals surface area (Å²) < 4.78 is 19.0. The van der Waals surface area contributed by atoms with Gasteiger partial charge in [-0.25, -0.2) is 4.39 Å².